The summed E-state index contributed by atoms with van der Waals surface area (Å²) in [5.41, 5.74) is 12.3. The third kappa shape index (κ3) is 3.34. The predicted molar refractivity (Wildman–Crippen MR) is 110 cm³/mol. The lowest BCUT2D eigenvalue weighted by Gasteiger charge is -2.28. The summed E-state index contributed by atoms with van der Waals surface area (Å²) in [5, 5.41) is 0. The summed E-state index contributed by atoms with van der Waals surface area (Å²) in [5.74, 6) is 0.363. The molecule has 1 saturated carbocycles. The zero-order valence-electron chi connectivity index (χ0n) is 15.9. The Morgan fingerprint density at radius 2 is 1.79 bits per heavy atom. The minimum absolute atomic E-state index is 0.259. The lowest BCUT2D eigenvalue weighted by Crippen LogP contribution is -2.36. The van der Waals surface area contributed by atoms with Crippen molar-refractivity contribution in [2.24, 2.45) is 5.73 Å². The van der Waals surface area contributed by atoms with Crippen molar-refractivity contribution in [3.63, 3.8) is 0 Å². The molecule has 0 amide bonds. The first-order valence-electron chi connectivity index (χ1n) is 10.1. The number of pyridine rings is 1. The second-order valence-corrected chi connectivity index (χ2v) is 7.73. The Balaban J connectivity index is 1.51. The molecule has 0 spiro atoms. The summed E-state index contributed by atoms with van der Waals surface area (Å²) in [7, 11) is 0. The number of benzene rings is 1. The molecule has 28 heavy (non-hydrogen) atoms. The van der Waals surface area contributed by atoms with Gasteiger partial charge in [0.25, 0.3) is 0 Å². The van der Waals surface area contributed by atoms with Gasteiger partial charge in [-0.15, -0.1) is 0 Å². The van der Waals surface area contributed by atoms with E-state index < -0.39 is 0 Å². The van der Waals surface area contributed by atoms with E-state index in [-0.39, 0.29) is 6.04 Å². The Morgan fingerprint density at radius 1 is 1.00 bits per heavy atom. The Hall–Kier alpha value is -2.57. The van der Waals surface area contributed by atoms with Crippen molar-refractivity contribution in [3.05, 3.63) is 48.4 Å². The van der Waals surface area contributed by atoms with E-state index in [0.29, 0.717) is 5.92 Å². The number of hydrogen-bond acceptors (Lipinski definition) is 6. The highest BCUT2D eigenvalue weighted by Crippen LogP contribution is 2.36. The molecule has 6 heteroatoms. The summed E-state index contributed by atoms with van der Waals surface area (Å²) in [6.45, 7) is 3.46. The summed E-state index contributed by atoms with van der Waals surface area (Å²) in [4.78, 5) is 16.5. The van der Waals surface area contributed by atoms with E-state index in [0.717, 1.165) is 73.6 Å². The molecule has 2 aliphatic rings. The topological polar surface area (TPSA) is 77.2 Å². The molecule has 2 aromatic heterocycles. The smallest absolute Gasteiger partial charge is 0.110 e. The van der Waals surface area contributed by atoms with Gasteiger partial charge in [0.15, 0.2) is 0 Å². The van der Waals surface area contributed by atoms with E-state index in [4.69, 9.17) is 15.5 Å². The normalized spacial score (nSPS) is 22.7. The summed E-state index contributed by atoms with van der Waals surface area (Å²) in [6, 6.07) is 11.0. The van der Waals surface area contributed by atoms with Crippen LogP contribution in [-0.2, 0) is 4.74 Å². The van der Waals surface area contributed by atoms with Crippen LogP contribution in [0, 0.1) is 0 Å². The molecule has 1 aliphatic carbocycles. The number of rotatable bonds is 3. The van der Waals surface area contributed by atoms with Crippen molar-refractivity contribution in [3.8, 4) is 11.3 Å². The molecule has 3 aromatic rings. The number of morpholine rings is 1. The fraction of sp³-hybridized carbons (Fsp3) is 0.409. The monoisotopic (exact) mass is 375 g/mol. The Kier molecular flexibility index (Phi) is 4.66. The van der Waals surface area contributed by atoms with Crippen LogP contribution in [0.1, 0.15) is 30.9 Å². The second kappa shape index (κ2) is 7.45. The van der Waals surface area contributed by atoms with Crippen LogP contribution in [0.2, 0.25) is 0 Å². The van der Waals surface area contributed by atoms with Crippen LogP contribution < -0.4 is 10.6 Å². The van der Waals surface area contributed by atoms with Gasteiger partial charge in [-0.1, -0.05) is 12.1 Å². The van der Waals surface area contributed by atoms with Gasteiger partial charge in [0.1, 0.15) is 5.52 Å². The van der Waals surface area contributed by atoms with Crippen molar-refractivity contribution >= 4 is 16.7 Å². The van der Waals surface area contributed by atoms with Crippen LogP contribution in [0.4, 0.5) is 5.69 Å². The van der Waals surface area contributed by atoms with Crippen LogP contribution >= 0.6 is 0 Å². The number of nitrogens with zero attached hydrogens (tertiary/aromatic N) is 4. The molecule has 2 atom stereocenters. The van der Waals surface area contributed by atoms with E-state index in [9.17, 15) is 0 Å². The number of hydrogen-bond donors (Lipinski definition) is 1. The highest BCUT2D eigenvalue weighted by molar-refractivity contribution is 5.82. The maximum atomic E-state index is 6.17. The predicted octanol–water partition coefficient (Wildman–Crippen LogP) is 3.12. The third-order valence-corrected chi connectivity index (χ3v) is 5.88. The maximum absolute atomic E-state index is 6.17. The number of aromatic nitrogens is 3. The molecule has 3 heterocycles. The molecule has 5 rings (SSSR count). The molecule has 2 unspecified atom stereocenters. The number of nitrogens with two attached hydrogens (primary N) is 1. The van der Waals surface area contributed by atoms with Crippen LogP contribution in [0.25, 0.3) is 22.3 Å². The molecule has 2 N–H and O–H groups in total. The largest absolute Gasteiger partial charge is 0.378 e. The highest BCUT2D eigenvalue weighted by atomic mass is 16.5. The molecule has 144 valence electrons. The molecule has 6 nitrogen and oxygen atoms in total. The van der Waals surface area contributed by atoms with E-state index in [1.165, 1.54) is 5.69 Å². The van der Waals surface area contributed by atoms with Crippen LogP contribution in [0.3, 0.4) is 0 Å². The molecule has 2 fully saturated rings. The van der Waals surface area contributed by atoms with Gasteiger partial charge in [-0.3, -0.25) is 15.0 Å². The first-order chi connectivity index (χ1) is 13.8. The fourth-order valence-electron chi connectivity index (χ4n) is 4.36. The van der Waals surface area contributed by atoms with Gasteiger partial charge in [-0.2, -0.15) is 0 Å². The first kappa shape index (κ1) is 17.5. The zero-order valence-corrected chi connectivity index (χ0v) is 15.9. The molecule has 0 radical (unpaired) electrons. The lowest BCUT2D eigenvalue weighted by molar-refractivity contribution is 0.122. The van der Waals surface area contributed by atoms with Crippen molar-refractivity contribution in [1.29, 1.82) is 0 Å². The number of anilines is 1. The van der Waals surface area contributed by atoms with Gasteiger partial charge in [0, 0.05) is 48.7 Å². The fourth-order valence-corrected chi connectivity index (χ4v) is 4.36. The number of ether oxygens (including phenoxy) is 1. The minimum atomic E-state index is 0.259. The van der Waals surface area contributed by atoms with Gasteiger partial charge >= 0.3 is 0 Å². The third-order valence-electron chi connectivity index (χ3n) is 5.88. The van der Waals surface area contributed by atoms with Crippen molar-refractivity contribution in [1.82, 2.24) is 15.0 Å². The lowest BCUT2D eigenvalue weighted by atomic mass is 10.00. The molecular formula is C22H25N5O. The van der Waals surface area contributed by atoms with E-state index >= 15 is 0 Å². The first-order valence-corrected chi connectivity index (χ1v) is 10.1. The van der Waals surface area contributed by atoms with Crippen LogP contribution in [-0.4, -0.2) is 47.3 Å². The standard InChI is InChI=1S/C22H25N5O/c23-17-4-1-16(13-17)21-22-20(24-7-8-25-22)14-19(26-21)15-2-5-18(6-3-15)27-9-11-28-12-10-27/h2-3,5-8,14,16-17H,1,4,9-13,23H2. The second-order valence-electron chi connectivity index (χ2n) is 7.73. The summed E-state index contributed by atoms with van der Waals surface area (Å²) < 4.78 is 5.45. The quantitative estimate of drug-likeness (QED) is 0.758. The van der Waals surface area contributed by atoms with Crippen molar-refractivity contribution in [2.45, 2.75) is 31.2 Å². The van der Waals surface area contributed by atoms with Gasteiger partial charge in [-0.05, 0) is 37.5 Å². The summed E-state index contributed by atoms with van der Waals surface area (Å²) in [6.07, 6.45) is 6.58. The number of fused-ring (bicyclic) bond motifs is 1. The van der Waals surface area contributed by atoms with Gasteiger partial charge in [-0.25, -0.2) is 0 Å². The van der Waals surface area contributed by atoms with Crippen molar-refractivity contribution in [2.75, 3.05) is 31.2 Å². The van der Waals surface area contributed by atoms with E-state index in [2.05, 4.69) is 39.1 Å². The van der Waals surface area contributed by atoms with Crippen molar-refractivity contribution < 1.29 is 4.74 Å². The maximum Gasteiger partial charge on any atom is 0.110 e. The van der Waals surface area contributed by atoms with Crippen LogP contribution in [0.5, 0.6) is 0 Å². The Bertz CT molecular complexity index is 968. The van der Waals surface area contributed by atoms with Gasteiger partial charge in [0.05, 0.1) is 30.1 Å². The Labute approximate surface area is 164 Å². The Morgan fingerprint density at radius 3 is 2.54 bits per heavy atom. The highest BCUT2D eigenvalue weighted by Gasteiger charge is 2.27. The molecule has 1 aromatic carbocycles. The molecule has 0 bridgehead atoms. The molecule has 1 saturated heterocycles. The van der Waals surface area contributed by atoms with Crippen LogP contribution in [0.15, 0.2) is 42.7 Å². The zero-order chi connectivity index (χ0) is 18.9. The average molecular weight is 375 g/mol. The van der Waals surface area contributed by atoms with E-state index in [1.807, 2.05) is 6.07 Å². The molecule has 1 aliphatic heterocycles. The van der Waals surface area contributed by atoms with Gasteiger partial charge in [0.2, 0.25) is 0 Å². The van der Waals surface area contributed by atoms with E-state index in [1.54, 1.807) is 12.4 Å². The molecular weight excluding hydrogens is 350 g/mol. The average Bonchev–Trinajstić information content (AvgIpc) is 3.20. The summed E-state index contributed by atoms with van der Waals surface area (Å²) >= 11 is 0. The minimum Gasteiger partial charge on any atom is -0.378 e. The van der Waals surface area contributed by atoms with Gasteiger partial charge < -0.3 is 15.4 Å². The SMILES string of the molecule is NC1CCC(c2nc(-c3ccc(N4CCOCC4)cc3)cc3nccnc23)C1.